The van der Waals surface area contributed by atoms with Gasteiger partial charge in [0.1, 0.15) is 0 Å². The van der Waals surface area contributed by atoms with Crippen LogP contribution in [-0.4, -0.2) is 28.9 Å². The number of thioether (sulfide) groups is 1. The number of benzene rings is 1. The van der Waals surface area contributed by atoms with Crippen LogP contribution in [0.4, 0.5) is 11.4 Å². The van der Waals surface area contributed by atoms with Crippen molar-refractivity contribution >= 4 is 29.0 Å². The molecule has 20 heavy (non-hydrogen) atoms. The molecule has 6 nitrogen and oxygen atoms in total. The number of nitrogens with zero attached hydrogens (tertiary/aromatic N) is 1. The van der Waals surface area contributed by atoms with Gasteiger partial charge < -0.3 is 11.1 Å². The van der Waals surface area contributed by atoms with Crippen LogP contribution in [-0.2, 0) is 0 Å². The molecule has 1 amide bonds. The number of hydrogen-bond donors (Lipinski definition) is 2. The van der Waals surface area contributed by atoms with E-state index in [1.165, 1.54) is 18.2 Å². The molecule has 0 spiro atoms. The van der Waals surface area contributed by atoms with Gasteiger partial charge in [-0.3, -0.25) is 14.9 Å². The predicted molar refractivity (Wildman–Crippen MR) is 79.9 cm³/mol. The van der Waals surface area contributed by atoms with E-state index in [-0.39, 0.29) is 22.8 Å². The van der Waals surface area contributed by atoms with Crippen molar-refractivity contribution in [1.82, 2.24) is 5.32 Å². The Labute approximate surface area is 121 Å². The zero-order chi connectivity index (χ0) is 14.5. The summed E-state index contributed by atoms with van der Waals surface area (Å²) in [5.74, 6) is 2.39. The highest BCUT2D eigenvalue weighted by Crippen LogP contribution is 2.23. The van der Waals surface area contributed by atoms with Gasteiger partial charge in [-0.1, -0.05) is 0 Å². The monoisotopic (exact) mass is 295 g/mol. The molecule has 1 saturated heterocycles. The van der Waals surface area contributed by atoms with E-state index in [9.17, 15) is 14.9 Å². The summed E-state index contributed by atoms with van der Waals surface area (Å²) in [6.07, 6.45) is 2.19. The molecule has 1 aromatic rings. The first kappa shape index (κ1) is 14.6. The van der Waals surface area contributed by atoms with Crippen molar-refractivity contribution in [3.05, 3.63) is 33.9 Å². The average molecular weight is 295 g/mol. The molecule has 0 unspecified atom stereocenters. The summed E-state index contributed by atoms with van der Waals surface area (Å²) in [5, 5.41) is 13.5. The van der Waals surface area contributed by atoms with Crippen LogP contribution in [0, 0.1) is 16.0 Å². The summed E-state index contributed by atoms with van der Waals surface area (Å²) in [6.45, 7) is 0.599. The maximum absolute atomic E-state index is 12.1. The van der Waals surface area contributed by atoms with E-state index >= 15 is 0 Å². The van der Waals surface area contributed by atoms with E-state index in [0.717, 1.165) is 24.3 Å². The number of carbonyl (C=O) groups is 1. The summed E-state index contributed by atoms with van der Waals surface area (Å²) in [6, 6.07) is 3.91. The van der Waals surface area contributed by atoms with Crippen LogP contribution in [0.15, 0.2) is 18.2 Å². The van der Waals surface area contributed by atoms with Gasteiger partial charge in [0.2, 0.25) is 0 Å². The van der Waals surface area contributed by atoms with E-state index in [0.29, 0.717) is 12.5 Å². The largest absolute Gasteiger partial charge is 0.398 e. The molecule has 1 heterocycles. The molecule has 0 saturated carbocycles. The van der Waals surface area contributed by atoms with Gasteiger partial charge in [-0.15, -0.1) is 0 Å². The van der Waals surface area contributed by atoms with Gasteiger partial charge in [-0.2, -0.15) is 11.8 Å². The van der Waals surface area contributed by atoms with Crippen molar-refractivity contribution in [1.29, 1.82) is 0 Å². The number of hydrogen-bond acceptors (Lipinski definition) is 5. The minimum Gasteiger partial charge on any atom is -0.398 e. The normalized spacial score (nSPS) is 15.8. The maximum Gasteiger partial charge on any atom is 0.270 e. The SMILES string of the molecule is Nc1ccc([N+](=O)[O-])cc1C(=O)NCC1CCSCC1. The number of rotatable bonds is 4. The Morgan fingerprint density at radius 3 is 2.80 bits per heavy atom. The van der Waals surface area contributed by atoms with E-state index in [4.69, 9.17) is 5.73 Å². The van der Waals surface area contributed by atoms with Crippen LogP contribution in [0.3, 0.4) is 0 Å². The number of nitrogens with two attached hydrogens (primary N) is 1. The minimum atomic E-state index is -0.533. The van der Waals surface area contributed by atoms with Gasteiger partial charge in [-0.25, -0.2) is 0 Å². The Morgan fingerprint density at radius 1 is 1.45 bits per heavy atom. The molecule has 7 heteroatoms. The number of nitrogen functional groups attached to an aromatic ring is 1. The Balaban J connectivity index is 2.00. The molecule has 108 valence electrons. The van der Waals surface area contributed by atoms with Crippen molar-refractivity contribution in [2.24, 2.45) is 5.92 Å². The van der Waals surface area contributed by atoms with Crippen LogP contribution in [0.2, 0.25) is 0 Å². The van der Waals surface area contributed by atoms with Gasteiger partial charge in [-0.05, 0) is 36.3 Å². The number of amides is 1. The van der Waals surface area contributed by atoms with Crippen LogP contribution in [0.25, 0.3) is 0 Å². The molecule has 0 atom stereocenters. The standard InChI is InChI=1S/C13H17N3O3S/c14-12-2-1-10(16(18)19)7-11(12)13(17)15-8-9-3-5-20-6-4-9/h1-2,7,9H,3-6,8,14H2,(H,15,17). The van der Waals surface area contributed by atoms with Gasteiger partial charge in [0, 0.05) is 24.4 Å². The predicted octanol–water partition coefficient (Wildman–Crippen LogP) is 2.05. The summed E-state index contributed by atoms with van der Waals surface area (Å²) in [7, 11) is 0. The fourth-order valence-electron chi connectivity index (χ4n) is 2.14. The second-order valence-corrected chi connectivity index (χ2v) is 6.02. The minimum absolute atomic E-state index is 0.126. The van der Waals surface area contributed by atoms with Gasteiger partial charge in [0.15, 0.2) is 0 Å². The van der Waals surface area contributed by atoms with Crippen molar-refractivity contribution in [2.75, 3.05) is 23.8 Å². The summed E-state index contributed by atoms with van der Waals surface area (Å²) >= 11 is 1.93. The van der Waals surface area contributed by atoms with Crippen molar-refractivity contribution < 1.29 is 9.72 Å². The third-order valence-corrected chi connectivity index (χ3v) is 4.43. The molecule has 1 aliphatic heterocycles. The zero-order valence-corrected chi connectivity index (χ0v) is 11.8. The Morgan fingerprint density at radius 2 is 2.15 bits per heavy atom. The highest BCUT2D eigenvalue weighted by Gasteiger charge is 2.18. The first-order valence-corrected chi connectivity index (χ1v) is 7.63. The first-order chi connectivity index (χ1) is 9.58. The quantitative estimate of drug-likeness (QED) is 0.503. The van der Waals surface area contributed by atoms with Crippen molar-refractivity contribution in [3.8, 4) is 0 Å². The molecule has 0 bridgehead atoms. The summed E-state index contributed by atoms with van der Waals surface area (Å²) in [5.41, 5.74) is 6.01. The molecule has 2 rings (SSSR count). The van der Waals surface area contributed by atoms with Crippen LogP contribution in [0.5, 0.6) is 0 Å². The molecule has 1 aromatic carbocycles. The second kappa shape index (κ2) is 6.60. The lowest BCUT2D eigenvalue weighted by Gasteiger charge is -2.21. The second-order valence-electron chi connectivity index (χ2n) is 4.79. The smallest absolute Gasteiger partial charge is 0.270 e. The number of non-ortho nitro benzene ring substituents is 1. The van der Waals surface area contributed by atoms with Crippen LogP contribution < -0.4 is 11.1 Å². The van der Waals surface area contributed by atoms with Gasteiger partial charge >= 0.3 is 0 Å². The summed E-state index contributed by atoms with van der Waals surface area (Å²) in [4.78, 5) is 22.3. The molecular formula is C13H17N3O3S. The van der Waals surface area contributed by atoms with Crippen molar-refractivity contribution in [2.45, 2.75) is 12.8 Å². The van der Waals surface area contributed by atoms with Gasteiger partial charge in [0.25, 0.3) is 11.6 Å². The van der Waals surface area contributed by atoms with E-state index < -0.39 is 4.92 Å². The van der Waals surface area contributed by atoms with E-state index in [1.54, 1.807) is 0 Å². The van der Waals surface area contributed by atoms with E-state index in [2.05, 4.69) is 5.32 Å². The molecule has 1 fully saturated rings. The van der Waals surface area contributed by atoms with Gasteiger partial charge in [0.05, 0.1) is 10.5 Å². The molecule has 0 aromatic heterocycles. The first-order valence-electron chi connectivity index (χ1n) is 6.48. The third kappa shape index (κ3) is 3.63. The van der Waals surface area contributed by atoms with Crippen LogP contribution >= 0.6 is 11.8 Å². The zero-order valence-electron chi connectivity index (χ0n) is 11.0. The topological polar surface area (TPSA) is 98.3 Å². The Hall–Kier alpha value is -1.76. The number of nitro benzene ring substituents is 1. The molecule has 1 aliphatic rings. The molecule has 0 radical (unpaired) electrons. The van der Waals surface area contributed by atoms with Crippen LogP contribution in [0.1, 0.15) is 23.2 Å². The van der Waals surface area contributed by atoms with Crippen molar-refractivity contribution in [3.63, 3.8) is 0 Å². The number of anilines is 1. The lowest BCUT2D eigenvalue weighted by molar-refractivity contribution is -0.384. The number of carbonyl (C=O) groups excluding carboxylic acids is 1. The number of nitrogens with one attached hydrogen (secondary N) is 1. The lowest BCUT2D eigenvalue weighted by atomic mass is 10.0. The molecule has 3 N–H and O–H groups in total. The molecular weight excluding hydrogens is 278 g/mol. The highest BCUT2D eigenvalue weighted by molar-refractivity contribution is 7.99. The fourth-order valence-corrected chi connectivity index (χ4v) is 3.34. The fraction of sp³-hybridized carbons (Fsp3) is 0.462. The Kier molecular flexibility index (Phi) is 4.84. The van der Waals surface area contributed by atoms with E-state index in [1.807, 2.05) is 11.8 Å². The molecule has 0 aliphatic carbocycles. The average Bonchev–Trinajstić information content (AvgIpc) is 2.46. The number of nitro groups is 1. The highest BCUT2D eigenvalue weighted by atomic mass is 32.2. The maximum atomic E-state index is 12.1. The Bertz CT molecular complexity index is 516. The lowest BCUT2D eigenvalue weighted by Crippen LogP contribution is -2.31. The summed E-state index contributed by atoms with van der Waals surface area (Å²) < 4.78 is 0. The third-order valence-electron chi connectivity index (χ3n) is 3.38.